The topological polar surface area (TPSA) is 93.3 Å². The number of imidazole rings is 1. The molecule has 1 fully saturated rings. The van der Waals surface area contributed by atoms with Crippen LogP contribution >= 0.6 is 0 Å². The molecule has 1 aliphatic rings. The lowest BCUT2D eigenvalue weighted by molar-refractivity contribution is -0.143. The predicted molar refractivity (Wildman–Crippen MR) is 88.8 cm³/mol. The lowest BCUT2D eigenvalue weighted by Gasteiger charge is -2.12. The summed E-state index contributed by atoms with van der Waals surface area (Å²) in [5, 5.41) is 11.7. The highest BCUT2D eigenvalue weighted by atomic mass is 16.4. The van der Waals surface area contributed by atoms with Crippen molar-refractivity contribution < 1.29 is 14.7 Å². The van der Waals surface area contributed by atoms with Crippen molar-refractivity contribution in [2.75, 3.05) is 0 Å². The lowest BCUT2D eigenvalue weighted by Crippen LogP contribution is -2.43. The minimum Gasteiger partial charge on any atom is -0.480 e. The van der Waals surface area contributed by atoms with Gasteiger partial charge >= 0.3 is 11.7 Å². The summed E-state index contributed by atoms with van der Waals surface area (Å²) in [4.78, 5) is 35.8. The highest BCUT2D eigenvalue weighted by Crippen LogP contribution is 2.35. The molecule has 1 heterocycles. The SMILES string of the molecule is CCCn1c(=O)n(CCC(=O)NC2(C(=O)O)CC2)c2ccccc21. The summed E-state index contributed by atoms with van der Waals surface area (Å²) in [6.07, 6.45) is 1.85. The van der Waals surface area contributed by atoms with E-state index in [4.69, 9.17) is 5.11 Å². The number of benzene rings is 1. The molecule has 2 aromatic rings. The Balaban J connectivity index is 1.78. The molecule has 0 bridgehead atoms. The van der Waals surface area contributed by atoms with Crippen molar-refractivity contribution in [3.05, 3.63) is 34.7 Å². The van der Waals surface area contributed by atoms with Crippen LogP contribution in [0.2, 0.25) is 0 Å². The van der Waals surface area contributed by atoms with Gasteiger partial charge in [0.2, 0.25) is 5.91 Å². The minimum atomic E-state index is -1.09. The number of para-hydroxylation sites is 2. The van der Waals surface area contributed by atoms with E-state index >= 15 is 0 Å². The van der Waals surface area contributed by atoms with Gasteiger partial charge in [0.1, 0.15) is 5.54 Å². The van der Waals surface area contributed by atoms with Gasteiger partial charge in [-0.05, 0) is 31.4 Å². The van der Waals surface area contributed by atoms with Gasteiger partial charge in [0.15, 0.2) is 0 Å². The van der Waals surface area contributed by atoms with Crippen molar-refractivity contribution in [1.29, 1.82) is 0 Å². The first-order valence-corrected chi connectivity index (χ1v) is 8.21. The minimum absolute atomic E-state index is 0.0784. The van der Waals surface area contributed by atoms with E-state index in [1.807, 2.05) is 31.2 Å². The van der Waals surface area contributed by atoms with Gasteiger partial charge in [-0.1, -0.05) is 19.1 Å². The average molecular weight is 331 g/mol. The van der Waals surface area contributed by atoms with Crippen LogP contribution in [-0.2, 0) is 22.7 Å². The molecule has 24 heavy (non-hydrogen) atoms. The van der Waals surface area contributed by atoms with Crippen molar-refractivity contribution in [3.8, 4) is 0 Å². The molecule has 128 valence electrons. The van der Waals surface area contributed by atoms with Crippen molar-refractivity contribution in [1.82, 2.24) is 14.5 Å². The first-order valence-electron chi connectivity index (χ1n) is 8.21. The zero-order valence-electron chi connectivity index (χ0n) is 13.6. The van der Waals surface area contributed by atoms with Crippen molar-refractivity contribution >= 4 is 22.9 Å². The van der Waals surface area contributed by atoms with E-state index in [2.05, 4.69) is 5.32 Å². The molecular weight excluding hydrogens is 310 g/mol. The number of fused-ring (bicyclic) bond motifs is 1. The Bertz CT molecular complexity index is 845. The number of carbonyl (C=O) groups is 2. The fourth-order valence-corrected chi connectivity index (χ4v) is 2.99. The molecule has 0 atom stereocenters. The number of nitrogens with one attached hydrogen (secondary N) is 1. The number of carboxylic acids is 1. The zero-order chi connectivity index (χ0) is 17.3. The quantitative estimate of drug-likeness (QED) is 0.800. The third-order valence-electron chi connectivity index (χ3n) is 4.47. The second-order valence-electron chi connectivity index (χ2n) is 6.26. The molecule has 1 amide bonds. The molecule has 3 rings (SSSR count). The molecule has 7 heteroatoms. The van der Waals surface area contributed by atoms with E-state index in [-0.39, 0.29) is 24.6 Å². The molecule has 0 saturated heterocycles. The normalized spacial score (nSPS) is 15.4. The number of aromatic nitrogens is 2. The molecule has 1 saturated carbocycles. The first-order chi connectivity index (χ1) is 11.5. The summed E-state index contributed by atoms with van der Waals surface area (Å²) in [6.45, 7) is 2.87. The molecule has 1 aliphatic carbocycles. The van der Waals surface area contributed by atoms with E-state index in [9.17, 15) is 14.4 Å². The number of aryl methyl sites for hydroxylation is 2. The van der Waals surface area contributed by atoms with Gasteiger partial charge in [-0.2, -0.15) is 0 Å². The average Bonchev–Trinajstić information content (AvgIpc) is 3.29. The Hall–Kier alpha value is -2.57. The third-order valence-corrected chi connectivity index (χ3v) is 4.47. The van der Waals surface area contributed by atoms with Crippen LogP contribution < -0.4 is 11.0 Å². The summed E-state index contributed by atoms with van der Waals surface area (Å²) in [7, 11) is 0. The van der Waals surface area contributed by atoms with Crippen molar-refractivity contribution in [2.45, 2.75) is 51.2 Å². The van der Waals surface area contributed by atoms with E-state index in [1.165, 1.54) is 0 Å². The second-order valence-corrected chi connectivity index (χ2v) is 6.26. The van der Waals surface area contributed by atoms with Gasteiger partial charge < -0.3 is 10.4 Å². The molecule has 1 aromatic heterocycles. The number of carbonyl (C=O) groups excluding carboxylic acids is 1. The number of hydrogen-bond donors (Lipinski definition) is 2. The van der Waals surface area contributed by atoms with Crippen LogP contribution in [0.5, 0.6) is 0 Å². The van der Waals surface area contributed by atoms with Crippen LogP contribution in [0.3, 0.4) is 0 Å². The van der Waals surface area contributed by atoms with Crippen LogP contribution in [0.4, 0.5) is 0 Å². The Kier molecular flexibility index (Phi) is 4.17. The summed E-state index contributed by atoms with van der Waals surface area (Å²) in [5.74, 6) is -1.33. The molecule has 1 aromatic carbocycles. The summed E-state index contributed by atoms with van der Waals surface area (Å²) in [6, 6.07) is 7.50. The maximum Gasteiger partial charge on any atom is 0.329 e. The van der Waals surface area contributed by atoms with Crippen molar-refractivity contribution in [2.24, 2.45) is 0 Å². The Morgan fingerprint density at radius 2 is 1.75 bits per heavy atom. The van der Waals surface area contributed by atoms with Crippen LogP contribution in [0.25, 0.3) is 11.0 Å². The van der Waals surface area contributed by atoms with Crippen LogP contribution in [0.1, 0.15) is 32.6 Å². The first kappa shape index (κ1) is 16.3. The predicted octanol–water partition coefficient (Wildman–Crippen LogP) is 1.34. The van der Waals surface area contributed by atoms with Gasteiger partial charge in [0.25, 0.3) is 0 Å². The van der Waals surface area contributed by atoms with E-state index in [1.54, 1.807) is 9.13 Å². The van der Waals surface area contributed by atoms with Gasteiger partial charge in [-0.25, -0.2) is 9.59 Å². The number of aliphatic carboxylic acids is 1. The second kappa shape index (κ2) is 6.14. The number of rotatable bonds is 7. The van der Waals surface area contributed by atoms with E-state index in [0.29, 0.717) is 19.4 Å². The molecule has 0 spiro atoms. The molecule has 2 N–H and O–H groups in total. The molecule has 0 radical (unpaired) electrons. The van der Waals surface area contributed by atoms with Crippen molar-refractivity contribution in [3.63, 3.8) is 0 Å². The molecule has 0 aliphatic heterocycles. The fraction of sp³-hybridized carbons (Fsp3) is 0.471. The third kappa shape index (κ3) is 2.81. The standard InChI is InChI=1S/C17H21N3O4/c1-2-10-19-12-5-3-4-6-13(12)20(16(19)24)11-7-14(21)18-17(8-9-17)15(22)23/h3-6H,2,7-11H2,1H3,(H,18,21)(H,22,23). The smallest absolute Gasteiger partial charge is 0.329 e. The van der Waals surface area contributed by atoms with E-state index in [0.717, 1.165) is 17.5 Å². The lowest BCUT2D eigenvalue weighted by atomic mass is 10.2. The van der Waals surface area contributed by atoms with Gasteiger partial charge in [0.05, 0.1) is 11.0 Å². The summed E-state index contributed by atoms with van der Waals surface area (Å²) < 4.78 is 3.30. The Labute approximate surface area is 138 Å². The monoisotopic (exact) mass is 331 g/mol. The highest BCUT2D eigenvalue weighted by molar-refractivity contribution is 5.89. The largest absolute Gasteiger partial charge is 0.480 e. The maximum absolute atomic E-state index is 12.6. The zero-order valence-corrected chi connectivity index (χ0v) is 13.6. The van der Waals surface area contributed by atoms with E-state index < -0.39 is 11.5 Å². The maximum atomic E-state index is 12.6. The number of carboxylic acid groups (broad SMARTS) is 1. The number of amides is 1. The fourth-order valence-electron chi connectivity index (χ4n) is 2.99. The van der Waals surface area contributed by atoms with Gasteiger partial charge in [-0.15, -0.1) is 0 Å². The molecular formula is C17H21N3O4. The summed E-state index contributed by atoms with van der Waals surface area (Å²) >= 11 is 0. The number of nitrogens with zero attached hydrogens (tertiary/aromatic N) is 2. The van der Waals surface area contributed by atoms with Crippen LogP contribution in [0.15, 0.2) is 29.1 Å². The Morgan fingerprint density at radius 3 is 2.25 bits per heavy atom. The molecule has 0 unspecified atom stereocenters. The van der Waals surface area contributed by atoms with Crippen LogP contribution in [0, 0.1) is 0 Å². The van der Waals surface area contributed by atoms with Crippen LogP contribution in [-0.4, -0.2) is 31.7 Å². The van der Waals surface area contributed by atoms with Gasteiger partial charge in [0, 0.05) is 19.5 Å². The highest BCUT2D eigenvalue weighted by Gasteiger charge is 2.51. The summed E-state index contributed by atoms with van der Waals surface area (Å²) in [5.41, 5.74) is 0.431. The van der Waals surface area contributed by atoms with Gasteiger partial charge in [-0.3, -0.25) is 13.9 Å². The Morgan fingerprint density at radius 1 is 1.17 bits per heavy atom. The molecule has 7 nitrogen and oxygen atoms in total. The number of hydrogen-bond acceptors (Lipinski definition) is 3.